The van der Waals surface area contributed by atoms with Crippen LogP contribution in [0.1, 0.15) is 19.4 Å². The van der Waals surface area contributed by atoms with E-state index in [0.717, 1.165) is 5.56 Å². The van der Waals surface area contributed by atoms with Crippen LogP contribution in [0.3, 0.4) is 0 Å². The molecule has 6 heteroatoms. The largest absolute Gasteiger partial charge is 0.480 e. The molecule has 0 radical (unpaired) electrons. The number of carbonyl (C=O) groups is 2. The molecule has 0 bridgehead atoms. The van der Waals surface area contributed by atoms with Crippen molar-refractivity contribution in [1.29, 1.82) is 0 Å². The standard InChI is InChI=1S/C15H22N2O4/c1-9(2)12(15(20)21)17-14(19)13(18)11(16)8-10-6-4-3-5-7-10/h3-7,9,11-13,18H,8,16H2,1-2H3,(H,17,19)(H,20,21)/t11?,12-,13?/m1/s1. The molecule has 0 saturated heterocycles. The minimum atomic E-state index is -1.45. The minimum absolute atomic E-state index is 0.288. The lowest BCUT2D eigenvalue weighted by molar-refractivity contribution is -0.145. The first-order chi connectivity index (χ1) is 9.82. The number of carboxylic acid groups (broad SMARTS) is 1. The molecule has 0 aliphatic rings. The molecule has 1 aromatic rings. The van der Waals surface area contributed by atoms with Crippen molar-refractivity contribution in [3.63, 3.8) is 0 Å². The van der Waals surface area contributed by atoms with Crippen LogP contribution in [0.5, 0.6) is 0 Å². The summed E-state index contributed by atoms with van der Waals surface area (Å²) in [5, 5.41) is 21.3. The number of carbonyl (C=O) groups excluding carboxylic acids is 1. The molecule has 1 aromatic carbocycles. The normalized spacial score (nSPS) is 15.3. The number of benzene rings is 1. The Morgan fingerprint density at radius 2 is 1.81 bits per heavy atom. The summed E-state index contributed by atoms with van der Waals surface area (Å²) in [7, 11) is 0. The molecule has 3 atom stereocenters. The number of aliphatic carboxylic acids is 1. The van der Waals surface area contributed by atoms with Crippen LogP contribution < -0.4 is 11.1 Å². The van der Waals surface area contributed by atoms with E-state index in [-0.39, 0.29) is 5.92 Å². The van der Waals surface area contributed by atoms with Crippen LogP contribution in [-0.2, 0) is 16.0 Å². The second-order valence-electron chi connectivity index (χ2n) is 5.37. The number of hydrogen-bond donors (Lipinski definition) is 4. The summed E-state index contributed by atoms with van der Waals surface area (Å²) < 4.78 is 0. The first-order valence-corrected chi connectivity index (χ1v) is 6.83. The molecule has 21 heavy (non-hydrogen) atoms. The summed E-state index contributed by atoms with van der Waals surface area (Å²) in [5.41, 5.74) is 6.72. The molecule has 2 unspecified atom stereocenters. The van der Waals surface area contributed by atoms with Crippen molar-refractivity contribution >= 4 is 11.9 Å². The van der Waals surface area contributed by atoms with Crippen LogP contribution in [0.15, 0.2) is 30.3 Å². The molecule has 0 saturated carbocycles. The van der Waals surface area contributed by atoms with Crippen molar-refractivity contribution in [1.82, 2.24) is 5.32 Å². The highest BCUT2D eigenvalue weighted by Gasteiger charge is 2.29. The fourth-order valence-electron chi connectivity index (χ4n) is 1.94. The van der Waals surface area contributed by atoms with Crippen molar-refractivity contribution in [2.24, 2.45) is 11.7 Å². The molecule has 116 valence electrons. The first-order valence-electron chi connectivity index (χ1n) is 6.83. The maximum atomic E-state index is 11.9. The summed E-state index contributed by atoms with van der Waals surface area (Å²) in [4.78, 5) is 22.9. The maximum absolute atomic E-state index is 11.9. The first kappa shape index (κ1) is 17.1. The third kappa shape index (κ3) is 5.17. The van der Waals surface area contributed by atoms with E-state index in [1.165, 1.54) is 0 Å². The summed E-state index contributed by atoms with van der Waals surface area (Å²) >= 11 is 0. The third-order valence-electron chi connectivity index (χ3n) is 3.22. The van der Waals surface area contributed by atoms with E-state index in [0.29, 0.717) is 6.42 Å². The fourth-order valence-corrected chi connectivity index (χ4v) is 1.94. The highest BCUT2D eigenvalue weighted by Crippen LogP contribution is 2.07. The van der Waals surface area contributed by atoms with Gasteiger partial charge in [-0.15, -0.1) is 0 Å². The number of nitrogens with one attached hydrogen (secondary N) is 1. The Morgan fingerprint density at radius 1 is 1.24 bits per heavy atom. The molecule has 6 nitrogen and oxygen atoms in total. The zero-order chi connectivity index (χ0) is 16.0. The van der Waals surface area contributed by atoms with E-state index in [9.17, 15) is 14.7 Å². The van der Waals surface area contributed by atoms with Crippen LogP contribution in [0.4, 0.5) is 0 Å². The van der Waals surface area contributed by atoms with Gasteiger partial charge in [0.15, 0.2) is 0 Å². The monoisotopic (exact) mass is 294 g/mol. The van der Waals surface area contributed by atoms with Crippen LogP contribution >= 0.6 is 0 Å². The molecule has 0 aliphatic heterocycles. The Hall–Kier alpha value is -1.92. The van der Waals surface area contributed by atoms with Crippen molar-refractivity contribution in [3.8, 4) is 0 Å². The molecule has 1 amide bonds. The van der Waals surface area contributed by atoms with Gasteiger partial charge in [-0.05, 0) is 17.9 Å². The number of aliphatic hydroxyl groups is 1. The molecule has 0 aromatic heterocycles. The average Bonchev–Trinajstić information content (AvgIpc) is 2.43. The van der Waals surface area contributed by atoms with Gasteiger partial charge in [-0.1, -0.05) is 44.2 Å². The summed E-state index contributed by atoms with van der Waals surface area (Å²) in [6, 6.07) is 7.39. The lowest BCUT2D eigenvalue weighted by Gasteiger charge is -2.23. The Morgan fingerprint density at radius 3 is 2.29 bits per heavy atom. The van der Waals surface area contributed by atoms with Crippen LogP contribution in [0, 0.1) is 5.92 Å². The summed E-state index contributed by atoms with van der Waals surface area (Å²) in [5.74, 6) is -2.19. The highest BCUT2D eigenvalue weighted by molar-refractivity contribution is 5.86. The number of rotatable bonds is 7. The quantitative estimate of drug-likeness (QED) is 0.571. The number of aliphatic hydroxyl groups excluding tert-OH is 1. The van der Waals surface area contributed by atoms with Crippen LogP contribution in [0.25, 0.3) is 0 Å². The van der Waals surface area contributed by atoms with Gasteiger partial charge >= 0.3 is 5.97 Å². The predicted molar refractivity (Wildman–Crippen MR) is 78.5 cm³/mol. The second kappa shape index (κ2) is 7.75. The molecule has 0 heterocycles. The van der Waals surface area contributed by atoms with Crippen molar-refractivity contribution in [2.45, 2.75) is 38.5 Å². The van der Waals surface area contributed by atoms with E-state index in [4.69, 9.17) is 10.8 Å². The van der Waals surface area contributed by atoms with Gasteiger partial charge in [0.25, 0.3) is 5.91 Å². The van der Waals surface area contributed by atoms with Gasteiger partial charge in [-0.2, -0.15) is 0 Å². The SMILES string of the molecule is CC(C)[C@@H](NC(=O)C(O)C(N)Cc1ccccc1)C(=O)O. The summed E-state index contributed by atoms with van der Waals surface area (Å²) in [6.07, 6.45) is -1.12. The Bertz CT molecular complexity index is 476. The molecule has 0 fully saturated rings. The van der Waals surface area contributed by atoms with E-state index < -0.39 is 30.1 Å². The summed E-state index contributed by atoms with van der Waals surface area (Å²) in [6.45, 7) is 3.35. The molecule has 0 spiro atoms. The lowest BCUT2D eigenvalue weighted by Crippen LogP contribution is -2.53. The third-order valence-corrected chi connectivity index (χ3v) is 3.22. The van der Waals surface area contributed by atoms with Crippen molar-refractivity contribution in [3.05, 3.63) is 35.9 Å². The Labute approximate surface area is 124 Å². The Kier molecular flexibility index (Phi) is 6.33. The molecule has 1 rings (SSSR count). The molecule has 5 N–H and O–H groups in total. The molecular formula is C15H22N2O4. The van der Waals surface area contributed by atoms with Crippen molar-refractivity contribution in [2.75, 3.05) is 0 Å². The maximum Gasteiger partial charge on any atom is 0.326 e. The Balaban J connectivity index is 2.62. The van der Waals surface area contributed by atoms with Crippen molar-refractivity contribution < 1.29 is 19.8 Å². The fraction of sp³-hybridized carbons (Fsp3) is 0.467. The van der Waals surface area contributed by atoms with Gasteiger partial charge in [0.1, 0.15) is 12.1 Å². The van der Waals surface area contributed by atoms with Gasteiger partial charge in [0, 0.05) is 6.04 Å². The zero-order valence-electron chi connectivity index (χ0n) is 12.2. The highest BCUT2D eigenvalue weighted by atomic mass is 16.4. The lowest BCUT2D eigenvalue weighted by atomic mass is 10.00. The topological polar surface area (TPSA) is 113 Å². The molecular weight excluding hydrogens is 272 g/mol. The number of amides is 1. The average molecular weight is 294 g/mol. The number of hydrogen-bond acceptors (Lipinski definition) is 4. The zero-order valence-corrected chi connectivity index (χ0v) is 12.2. The smallest absolute Gasteiger partial charge is 0.326 e. The van der Waals surface area contributed by atoms with Gasteiger partial charge in [0.05, 0.1) is 0 Å². The van der Waals surface area contributed by atoms with E-state index >= 15 is 0 Å². The van der Waals surface area contributed by atoms with E-state index in [1.807, 2.05) is 30.3 Å². The van der Waals surface area contributed by atoms with Gasteiger partial charge in [-0.3, -0.25) is 4.79 Å². The predicted octanol–water partition coefficient (Wildman–Crippen LogP) is 0.143. The van der Waals surface area contributed by atoms with E-state index in [2.05, 4.69) is 5.32 Å². The van der Waals surface area contributed by atoms with Crippen LogP contribution in [0.2, 0.25) is 0 Å². The van der Waals surface area contributed by atoms with Gasteiger partial charge < -0.3 is 21.3 Å². The van der Waals surface area contributed by atoms with Gasteiger partial charge in [0.2, 0.25) is 0 Å². The molecule has 0 aliphatic carbocycles. The van der Waals surface area contributed by atoms with E-state index in [1.54, 1.807) is 13.8 Å². The van der Waals surface area contributed by atoms with Gasteiger partial charge in [-0.25, -0.2) is 4.79 Å². The second-order valence-corrected chi connectivity index (χ2v) is 5.37. The van der Waals surface area contributed by atoms with Crippen LogP contribution in [-0.4, -0.2) is 40.3 Å². The number of nitrogens with two attached hydrogens (primary N) is 1. The number of carboxylic acids is 1. The minimum Gasteiger partial charge on any atom is -0.480 e.